The Kier molecular flexibility index (Phi) is 4.88. The Hall–Kier alpha value is -4.06. The summed E-state index contributed by atoms with van der Waals surface area (Å²) in [5, 5.41) is 7.49. The first-order valence-corrected chi connectivity index (χ1v) is 10.3. The molecule has 2 aromatic heterocycles. The number of carbonyl (C=O) groups excluding carboxylic acids is 1. The van der Waals surface area contributed by atoms with Crippen molar-refractivity contribution in [3.05, 3.63) is 89.6 Å². The molecule has 0 unspecified atom stereocenters. The van der Waals surface area contributed by atoms with Crippen LogP contribution in [0.25, 0.3) is 21.9 Å². The SMILES string of the molecule is Cc1ccccc1Nc1nc2ccc(C(=O)NCCc3cc4ccccc4[nH]3)cc2[nH]1. The van der Waals surface area contributed by atoms with Crippen LogP contribution >= 0.6 is 0 Å². The number of anilines is 2. The lowest BCUT2D eigenvalue weighted by molar-refractivity contribution is 0.0954. The van der Waals surface area contributed by atoms with E-state index in [9.17, 15) is 4.79 Å². The van der Waals surface area contributed by atoms with E-state index in [0.717, 1.165) is 39.9 Å². The lowest BCUT2D eigenvalue weighted by Gasteiger charge is -2.05. The molecule has 0 saturated carbocycles. The molecule has 6 heteroatoms. The maximum atomic E-state index is 12.6. The van der Waals surface area contributed by atoms with Gasteiger partial charge >= 0.3 is 0 Å². The van der Waals surface area contributed by atoms with E-state index in [4.69, 9.17) is 0 Å². The number of benzene rings is 3. The number of para-hydroxylation sites is 2. The van der Waals surface area contributed by atoms with E-state index in [0.29, 0.717) is 18.1 Å². The van der Waals surface area contributed by atoms with E-state index in [1.807, 2.05) is 55.5 Å². The summed E-state index contributed by atoms with van der Waals surface area (Å²) in [7, 11) is 0. The van der Waals surface area contributed by atoms with Gasteiger partial charge in [-0.25, -0.2) is 4.98 Å². The highest BCUT2D eigenvalue weighted by Crippen LogP contribution is 2.21. The Morgan fingerprint density at radius 3 is 2.65 bits per heavy atom. The van der Waals surface area contributed by atoms with Crippen LogP contribution in [0, 0.1) is 6.92 Å². The number of imidazole rings is 1. The van der Waals surface area contributed by atoms with E-state index in [1.165, 1.54) is 5.39 Å². The van der Waals surface area contributed by atoms with Gasteiger partial charge in [0, 0.05) is 35.4 Å². The number of H-pyrrole nitrogens is 2. The lowest BCUT2D eigenvalue weighted by atomic mass is 10.2. The Balaban J connectivity index is 1.25. The van der Waals surface area contributed by atoms with Crippen LogP contribution in [0.2, 0.25) is 0 Å². The summed E-state index contributed by atoms with van der Waals surface area (Å²) in [5.74, 6) is 0.557. The summed E-state index contributed by atoms with van der Waals surface area (Å²) < 4.78 is 0. The molecule has 154 valence electrons. The van der Waals surface area contributed by atoms with Crippen LogP contribution in [0.4, 0.5) is 11.6 Å². The Morgan fingerprint density at radius 2 is 1.77 bits per heavy atom. The molecule has 0 aliphatic rings. The fraction of sp³-hybridized carbons (Fsp3) is 0.120. The topological polar surface area (TPSA) is 85.6 Å². The molecule has 0 radical (unpaired) electrons. The van der Waals surface area contributed by atoms with Gasteiger partial charge in [-0.1, -0.05) is 36.4 Å². The summed E-state index contributed by atoms with van der Waals surface area (Å²) in [5.41, 5.74) is 6.59. The maximum Gasteiger partial charge on any atom is 0.251 e. The molecule has 5 aromatic rings. The minimum Gasteiger partial charge on any atom is -0.358 e. The van der Waals surface area contributed by atoms with Crippen LogP contribution in [-0.4, -0.2) is 27.4 Å². The third-order valence-electron chi connectivity index (χ3n) is 5.41. The maximum absolute atomic E-state index is 12.6. The summed E-state index contributed by atoms with van der Waals surface area (Å²) in [6.45, 7) is 2.61. The molecule has 1 amide bonds. The largest absolute Gasteiger partial charge is 0.358 e. The van der Waals surface area contributed by atoms with Gasteiger partial charge in [-0.2, -0.15) is 0 Å². The zero-order chi connectivity index (χ0) is 21.2. The monoisotopic (exact) mass is 409 g/mol. The second-order valence-corrected chi connectivity index (χ2v) is 7.64. The molecule has 6 nitrogen and oxygen atoms in total. The van der Waals surface area contributed by atoms with Crippen molar-refractivity contribution in [3.8, 4) is 0 Å². The predicted molar refractivity (Wildman–Crippen MR) is 125 cm³/mol. The van der Waals surface area contributed by atoms with Gasteiger partial charge in [-0.15, -0.1) is 0 Å². The molecule has 0 fully saturated rings. The smallest absolute Gasteiger partial charge is 0.251 e. The average Bonchev–Trinajstić information content (AvgIpc) is 3.37. The zero-order valence-electron chi connectivity index (χ0n) is 17.2. The molecule has 5 rings (SSSR count). The Bertz CT molecular complexity index is 1350. The molecule has 3 aromatic carbocycles. The number of nitrogens with zero attached hydrogens (tertiary/aromatic N) is 1. The van der Waals surface area contributed by atoms with Crippen LogP contribution in [0.3, 0.4) is 0 Å². The van der Waals surface area contributed by atoms with Gasteiger partial charge in [0.2, 0.25) is 5.95 Å². The van der Waals surface area contributed by atoms with Gasteiger partial charge in [-0.05, 0) is 54.3 Å². The second-order valence-electron chi connectivity index (χ2n) is 7.64. The summed E-state index contributed by atoms with van der Waals surface area (Å²) >= 11 is 0. The zero-order valence-corrected chi connectivity index (χ0v) is 17.2. The molecule has 0 aliphatic heterocycles. The van der Waals surface area contributed by atoms with E-state index in [2.05, 4.69) is 43.8 Å². The van der Waals surface area contributed by atoms with E-state index < -0.39 is 0 Å². The van der Waals surface area contributed by atoms with Crippen molar-refractivity contribution in [1.82, 2.24) is 20.3 Å². The first kappa shape index (κ1) is 18.9. The fourth-order valence-corrected chi connectivity index (χ4v) is 3.73. The molecule has 31 heavy (non-hydrogen) atoms. The van der Waals surface area contributed by atoms with Gasteiger partial charge in [0.05, 0.1) is 11.0 Å². The molecule has 0 saturated heterocycles. The second kappa shape index (κ2) is 7.99. The predicted octanol–water partition coefficient (Wildman–Crippen LogP) is 5.07. The lowest BCUT2D eigenvalue weighted by Crippen LogP contribution is -2.25. The van der Waals surface area contributed by atoms with E-state index >= 15 is 0 Å². The number of amides is 1. The molecule has 2 heterocycles. The highest BCUT2D eigenvalue weighted by molar-refractivity contribution is 5.97. The first-order valence-electron chi connectivity index (χ1n) is 10.3. The highest BCUT2D eigenvalue weighted by atomic mass is 16.1. The van der Waals surface area contributed by atoms with Crippen molar-refractivity contribution < 1.29 is 4.79 Å². The molecule has 0 bridgehead atoms. The quantitative estimate of drug-likeness (QED) is 0.316. The van der Waals surface area contributed by atoms with Crippen molar-refractivity contribution in [1.29, 1.82) is 0 Å². The van der Waals surface area contributed by atoms with Gasteiger partial charge in [-0.3, -0.25) is 4.79 Å². The molecule has 0 atom stereocenters. The number of fused-ring (bicyclic) bond motifs is 2. The number of aryl methyl sites for hydroxylation is 1. The van der Waals surface area contributed by atoms with Crippen molar-refractivity contribution in [3.63, 3.8) is 0 Å². The number of rotatable bonds is 6. The summed E-state index contributed by atoms with van der Waals surface area (Å²) in [4.78, 5) is 23.8. The number of hydrogen-bond acceptors (Lipinski definition) is 3. The standard InChI is InChI=1S/C25H23N5O/c1-16-6-2-4-8-20(16)28-25-29-22-11-10-18(15-23(22)30-25)24(31)26-13-12-19-14-17-7-3-5-9-21(17)27-19/h2-11,14-15,27H,12-13H2,1H3,(H,26,31)(H2,28,29,30). The first-order chi connectivity index (χ1) is 15.2. The number of aromatic nitrogens is 3. The van der Waals surface area contributed by atoms with E-state index in [-0.39, 0.29) is 5.91 Å². The molecule has 4 N–H and O–H groups in total. The van der Waals surface area contributed by atoms with Crippen LogP contribution < -0.4 is 10.6 Å². The fourth-order valence-electron chi connectivity index (χ4n) is 3.73. The highest BCUT2D eigenvalue weighted by Gasteiger charge is 2.10. The van der Waals surface area contributed by atoms with Crippen LogP contribution in [-0.2, 0) is 6.42 Å². The van der Waals surface area contributed by atoms with Gasteiger partial charge in [0.25, 0.3) is 5.91 Å². The average molecular weight is 409 g/mol. The van der Waals surface area contributed by atoms with Gasteiger partial charge in [0.15, 0.2) is 0 Å². The number of hydrogen-bond donors (Lipinski definition) is 4. The number of carbonyl (C=O) groups is 1. The van der Waals surface area contributed by atoms with Crippen LogP contribution in [0.5, 0.6) is 0 Å². The normalized spacial score (nSPS) is 11.1. The molecule has 0 spiro atoms. The van der Waals surface area contributed by atoms with Crippen molar-refractivity contribution in [2.24, 2.45) is 0 Å². The van der Waals surface area contributed by atoms with Gasteiger partial charge < -0.3 is 20.6 Å². The van der Waals surface area contributed by atoms with Crippen LogP contribution in [0.1, 0.15) is 21.6 Å². The Morgan fingerprint density at radius 1 is 0.935 bits per heavy atom. The number of aromatic amines is 2. The third kappa shape index (κ3) is 4.00. The van der Waals surface area contributed by atoms with E-state index in [1.54, 1.807) is 6.07 Å². The molecular weight excluding hydrogens is 386 g/mol. The van der Waals surface area contributed by atoms with Crippen molar-refractivity contribution >= 4 is 39.5 Å². The Labute approximate surface area is 179 Å². The van der Waals surface area contributed by atoms with Crippen molar-refractivity contribution in [2.75, 3.05) is 11.9 Å². The van der Waals surface area contributed by atoms with Crippen LogP contribution in [0.15, 0.2) is 72.8 Å². The van der Waals surface area contributed by atoms with Gasteiger partial charge in [0.1, 0.15) is 0 Å². The third-order valence-corrected chi connectivity index (χ3v) is 5.41. The minimum absolute atomic E-state index is 0.0963. The summed E-state index contributed by atoms with van der Waals surface area (Å²) in [6, 6.07) is 23.8. The number of nitrogens with one attached hydrogen (secondary N) is 4. The molecular formula is C25H23N5O. The molecule has 0 aliphatic carbocycles. The minimum atomic E-state index is -0.0963. The summed E-state index contributed by atoms with van der Waals surface area (Å²) in [6.07, 6.45) is 0.747. The van der Waals surface area contributed by atoms with Crippen molar-refractivity contribution in [2.45, 2.75) is 13.3 Å².